The summed E-state index contributed by atoms with van der Waals surface area (Å²) in [5.41, 5.74) is 0. The minimum Gasteiger partial charge on any atom is -0.394 e. The second kappa shape index (κ2) is 3.90. The van der Waals surface area contributed by atoms with Gasteiger partial charge in [0.2, 0.25) is 5.91 Å². The van der Waals surface area contributed by atoms with Crippen molar-refractivity contribution in [2.75, 3.05) is 6.61 Å². The first-order valence-corrected chi connectivity index (χ1v) is 4.60. The van der Waals surface area contributed by atoms with E-state index in [9.17, 15) is 4.79 Å². The molecule has 0 bridgehead atoms. The van der Waals surface area contributed by atoms with Gasteiger partial charge in [0, 0.05) is 13.0 Å². The summed E-state index contributed by atoms with van der Waals surface area (Å²) in [7, 11) is 0. The smallest absolute Gasteiger partial charge is 0.220 e. The molecule has 1 aliphatic rings. The Hall–Kier alpha value is -0.570. The molecule has 0 aromatic heterocycles. The number of hydrogen-bond acceptors (Lipinski definition) is 2. The average molecular weight is 171 g/mol. The zero-order chi connectivity index (χ0) is 9.14. The highest BCUT2D eigenvalue weighted by Crippen LogP contribution is 2.29. The molecule has 1 fully saturated rings. The van der Waals surface area contributed by atoms with E-state index in [1.165, 1.54) is 0 Å². The SMILES string of the molecule is CC[C@@H](CO)N(C(C)=O)C1CC1. The van der Waals surface area contributed by atoms with Crippen molar-refractivity contribution in [2.45, 2.75) is 45.2 Å². The quantitative estimate of drug-likeness (QED) is 0.678. The van der Waals surface area contributed by atoms with E-state index in [0.29, 0.717) is 6.04 Å². The minimum absolute atomic E-state index is 0.0370. The van der Waals surface area contributed by atoms with Crippen LogP contribution in [0.4, 0.5) is 0 Å². The summed E-state index contributed by atoms with van der Waals surface area (Å²) >= 11 is 0. The monoisotopic (exact) mass is 171 g/mol. The fourth-order valence-corrected chi connectivity index (χ4v) is 1.58. The molecule has 0 unspecified atom stereocenters. The third-order valence-corrected chi connectivity index (χ3v) is 2.38. The van der Waals surface area contributed by atoms with Gasteiger partial charge in [-0.25, -0.2) is 0 Å². The summed E-state index contributed by atoms with van der Waals surface area (Å²) in [6, 6.07) is 0.453. The van der Waals surface area contributed by atoms with Crippen LogP contribution >= 0.6 is 0 Å². The van der Waals surface area contributed by atoms with Gasteiger partial charge in [0.1, 0.15) is 0 Å². The van der Waals surface area contributed by atoms with Gasteiger partial charge < -0.3 is 10.0 Å². The number of hydrogen-bond donors (Lipinski definition) is 1. The Kier molecular flexibility index (Phi) is 3.09. The largest absolute Gasteiger partial charge is 0.394 e. The summed E-state index contributed by atoms with van der Waals surface area (Å²) in [6.07, 6.45) is 3.05. The summed E-state index contributed by atoms with van der Waals surface area (Å²) in [5, 5.41) is 9.03. The van der Waals surface area contributed by atoms with E-state index < -0.39 is 0 Å². The van der Waals surface area contributed by atoms with Gasteiger partial charge in [-0.1, -0.05) is 6.92 Å². The highest BCUT2D eigenvalue weighted by molar-refractivity contribution is 5.74. The molecule has 0 saturated heterocycles. The summed E-state index contributed by atoms with van der Waals surface area (Å²) in [4.78, 5) is 13.0. The maximum absolute atomic E-state index is 11.2. The van der Waals surface area contributed by atoms with Gasteiger partial charge in [-0.2, -0.15) is 0 Å². The van der Waals surface area contributed by atoms with Gasteiger partial charge in [-0.05, 0) is 19.3 Å². The maximum atomic E-state index is 11.2. The van der Waals surface area contributed by atoms with Crippen LogP contribution < -0.4 is 0 Å². The molecule has 0 aromatic carbocycles. The molecule has 1 aliphatic carbocycles. The number of aliphatic hydroxyl groups is 1. The average Bonchev–Trinajstić information content (AvgIpc) is 2.82. The van der Waals surface area contributed by atoms with Gasteiger partial charge in [0.25, 0.3) is 0 Å². The van der Waals surface area contributed by atoms with Crippen molar-refractivity contribution in [1.29, 1.82) is 0 Å². The molecule has 1 saturated carbocycles. The Bertz CT molecular complexity index is 162. The van der Waals surface area contributed by atoms with E-state index in [1.807, 2.05) is 11.8 Å². The van der Waals surface area contributed by atoms with Crippen molar-refractivity contribution in [3.05, 3.63) is 0 Å². The van der Waals surface area contributed by atoms with Crippen LogP contribution in [0.5, 0.6) is 0 Å². The molecule has 3 nitrogen and oxygen atoms in total. The molecule has 1 rings (SSSR count). The van der Waals surface area contributed by atoms with Crippen LogP contribution in [0, 0.1) is 0 Å². The zero-order valence-corrected chi connectivity index (χ0v) is 7.79. The van der Waals surface area contributed by atoms with Crippen molar-refractivity contribution in [1.82, 2.24) is 4.90 Å². The number of rotatable bonds is 4. The van der Waals surface area contributed by atoms with E-state index in [0.717, 1.165) is 19.3 Å². The van der Waals surface area contributed by atoms with E-state index in [1.54, 1.807) is 6.92 Å². The Morgan fingerprint density at radius 3 is 2.50 bits per heavy atom. The normalized spacial score (nSPS) is 18.9. The van der Waals surface area contributed by atoms with Crippen LogP contribution in [0.25, 0.3) is 0 Å². The molecule has 0 heterocycles. The molecule has 0 aliphatic heterocycles. The van der Waals surface area contributed by atoms with Crippen molar-refractivity contribution in [3.63, 3.8) is 0 Å². The van der Waals surface area contributed by atoms with Crippen LogP contribution in [-0.4, -0.2) is 34.6 Å². The predicted octanol–water partition coefficient (Wildman–Crippen LogP) is 0.768. The first-order valence-electron chi connectivity index (χ1n) is 4.60. The van der Waals surface area contributed by atoms with Crippen LogP contribution in [0.1, 0.15) is 33.1 Å². The maximum Gasteiger partial charge on any atom is 0.220 e. The van der Waals surface area contributed by atoms with Gasteiger partial charge in [-0.3, -0.25) is 4.79 Å². The Morgan fingerprint density at radius 1 is 1.67 bits per heavy atom. The fourth-order valence-electron chi connectivity index (χ4n) is 1.58. The number of nitrogens with zero attached hydrogens (tertiary/aromatic N) is 1. The van der Waals surface area contributed by atoms with Crippen molar-refractivity contribution < 1.29 is 9.90 Å². The fraction of sp³-hybridized carbons (Fsp3) is 0.889. The first kappa shape index (κ1) is 9.52. The number of amides is 1. The van der Waals surface area contributed by atoms with Crippen molar-refractivity contribution in [2.24, 2.45) is 0 Å². The molecule has 3 heteroatoms. The van der Waals surface area contributed by atoms with E-state index in [2.05, 4.69) is 0 Å². The lowest BCUT2D eigenvalue weighted by Gasteiger charge is -2.28. The third-order valence-electron chi connectivity index (χ3n) is 2.38. The van der Waals surface area contributed by atoms with Gasteiger partial charge in [0.05, 0.1) is 12.6 Å². The minimum atomic E-state index is 0.0370. The molecule has 12 heavy (non-hydrogen) atoms. The molecular formula is C9H17NO2. The van der Waals surface area contributed by atoms with Crippen LogP contribution in [-0.2, 0) is 4.79 Å². The summed E-state index contributed by atoms with van der Waals surface area (Å²) in [5.74, 6) is 0.0957. The number of carbonyl (C=O) groups excluding carboxylic acids is 1. The Balaban J connectivity index is 2.55. The van der Waals surface area contributed by atoms with Gasteiger partial charge in [0.15, 0.2) is 0 Å². The van der Waals surface area contributed by atoms with Crippen LogP contribution in [0.2, 0.25) is 0 Å². The third kappa shape index (κ3) is 1.97. The zero-order valence-electron chi connectivity index (χ0n) is 7.79. The Morgan fingerprint density at radius 2 is 2.25 bits per heavy atom. The molecule has 1 amide bonds. The molecule has 0 aromatic rings. The number of aliphatic hydroxyl groups excluding tert-OH is 1. The van der Waals surface area contributed by atoms with Crippen LogP contribution in [0.3, 0.4) is 0 Å². The molecule has 70 valence electrons. The first-order chi connectivity index (χ1) is 5.70. The summed E-state index contributed by atoms with van der Waals surface area (Å²) in [6.45, 7) is 3.67. The Labute approximate surface area is 73.4 Å². The summed E-state index contributed by atoms with van der Waals surface area (Å²) < 4.78 is 0. The molecule has 1 N–H and O–H groups in total. The van der Waals surface area contributed by atoms with Gasteiger partial charge in [-0.15, -0.1) is 0 Å². The molecular weight excluding hydrogens is 154 g/mol. The molecule has 0 radical (unpaired) electrons. The van der Waals surface area contributed by atoms with Crippen molar-refractivity contribution in [3.8, 4) is 0 Å². The topological polar surface area (TPSA) is 40.5 Å². The highest BCUT2D eigenvalue weighted by atomic mass is 16.3. The second-order valence-corrected chi connectivity index (χ2v) is 3.40. The van der Waals surface area contributed by atoms with E-state index in [-0.39, 0.29) is 18.6 Å². The lowest BCUT2D eigenvalue weighted by atomic mass is 10.2. The molecule has 1 atom stereocenters. The van der Waals surface area contributed by atoms with Crippen molar-refractivity contribution >= 4 is 5.91 Å². The van der Waals surface area contributed by atoms with Gasteiger partial charge >= 0.3 is 0 Å². The van der Waals surface area contributed by atoms with Crippen LogP contribution in [0.15, 0.2) is 0 Å². The van der Waals surface area contributed by atoms with E-state index >= 15 is 0 Å². The van der Waals surface area contributed by atoms with E-state index in [4.69, 9.17) is 5.11 Å². The lowest BCUT2D eigenvalue weighted by Crippen LogP contribution is -2.42. The molecule has 0 spiro atoms. The number of carbonyl (C=O) groups is 1. The lowest BCUT2D eigenvalue weighted by molar-refractivity contribution is -0.132. The predicted molar refractivity (Wildman–Crippen MR) is 46.7 cm³/mol. The standard InChI is InChI=1S/C9H17NO2/c1-3-8(6-11)10(7(2)12)9-4-5-9/h8-9,11H,3-6H2,1-2H3/t8-/m0/s1. The second-order valence-electron chi connectivity index (χ2n) is 3.40. The highest BCUT2D eigenvalue weighted by Gasteiger charge is 2.34.